The molecule has 0 saturated heterocycles. The van der Waals surface area contributed by atoms with Gasteiger partial charge in [0.05, 0.1) is 7.85 Å². The number of rotatable bonds is 0. The lowest BCUT2D eigenvalue weighted by Gasteiger charge is -2.30. The fourth-order valence-corrected chi connectivity index (χ4v) is 0.552. The molecule has 1 aliphatic carbocycles. The first-order valence-corrected chi connectivity index (χ1v) is 2.32. The number of hydrogen-bond donors (Lipinski definition) is 1. The van der Waals surface area contributed by atoms with Crippen LogP contribution in [0.5, 0.6) is 0 Å². The van der Waals surface area contributed by atoms with Gasteiger partial charge in [0.15, 0.2) is 0 Å². The van der Waals surface area contributed by atoms with Gasteiger partial charge in [0.1, 0.15) is 0 Å². The molecule has 1 saturated carbocycles. The van der Waals surface area contributed by atoms with E-state index in [1.807, 2.05) is 0 Å². The topological polar surface area (TPSA) is 26.0 Å². The Bertz CT molecular complexity index is 47.5. The van der Waals surface area contributed by atoms with Crippen molar-refractivity contribution in [3.05, 3.63) is 0 Å². The van der Waals surface area contributed by atoms with Crippen LogP contribution >= 0.6 is 0 Å². The molecule has 0 bridgehead atoms. The van der Waals surface area contributed by atoms with Crippen LogP contribution in [0, 0.1) is 0 Å². The van der Waals surface area contributed by atoms with Crippen molar-refractivity contribution in [1.29, 1.82) is 0 Å². The van der Waals surface area contributed by atoms with Gasteiger partial charge in [-0.2, -0.15) is 0 Å². The van der Waals surface area contributed by atoms with Gasteiger partial charge in [0.25, 0.3) is 0 Å². The summed E-state index contributed by atoms with van der Waals surface area (Å²) in [4.78, 5) is 0. The Morgan fingerprint density at radius 2 is 2.00 bits per heavy atom. The van der Waals surface area contributed by atoms with Gasteiger partial charge in [0.2, 0.25) is 0 Å². The lowest BCUT2D eigenvalue weighted by atomic mass is 9.67. The molecule has 6 heavy (non-hydrogen) atoms. The molecular formula is C4H8BN. The van der Waals surface area contributed by atoms with Crippen LogP contribution in [0.2, 0.25) is 5.82 Å². The molecule has 1 aliphatic rings. The van der Waals surface area contributed by atoms with Crippen LogP contribution < -0.4 is 5.73 Å². The van der Waals surface area contributed by atoms with E-state index in [2.05, 4.69) is 0 Å². The molecule has 1 rings (SSSR count). The fourth-order valence-electron chi connectivity index (χ4n) is 0.552. The number of nitrogens with two attached hydrogens (primary N) is 1. The van der Waals surface area contributed by atoms with Gasteiger partial charge < -0.3 is 5.73 Å². The first kappa shape index (κ1) is 4.19. The van der Waals surface area contributed by atoms with Crippen molar-refractivity contribution in [2.24, 2.45) is 5.73 Å². The van der Waals surface area contributed by atoms with Crippen molar-refractivity contribution in [2.75, 3.05) is 0 Å². The minimum atomic E-state index is 0.310. The Labute approximate surface area is 39.3 Å². The second-order valence-electron chi connectivity index (χ2n) is 1.91. The second-order valence-corrected chi connectivity index (χ2v) is 1.91. The molecule has 0 aromatic rings. The second kappa shape index (κ2) is 1.26. The molecule has 2 heteroatoms. The van der Waals surface area contributed by atoms with E-state index in [0.717, 1.165) is 12.8 Å². The SMILES string of the molecule is [B][C@@H]1CC[C@@H]1N. The van der Waals surface area contributed by atoms with Gasteiger partial charge in [0, 0.05) is 0 Å². The largest absolute Gasteiger partial charge is 0.328 e. The minimum absolute atomic E-state index is 0.310. The smallest absolute Gasteiger partial charge is 0.0720 e. The quantitative estimate of drug-likeness (QED) is 0.410. The zero-order valence-electron chi connectivity index (χ0n) is 3.72. The Hall–Kier alpha value is 0.0249. The van der Waals surface area contributed by atoms with E-state index in [0.29, 0.717) is 11.9 Å². The predicted octanol–water partition coefficient (Wildman–Crippen LogP) is 0.0645. The maximum atomic E-state index is 5.40. The molecule has 32 valence electrons. The zero-order valence-corrected chi connectivity index (χ0v) is 3.72. The summed E-state index contributed by atoms with van der Waals surface area (Å²) in [5.41, 5.74) is 5.40. The molecule has 2 atom stereocenters. The molecule has 2 N–H and O–H groups in total. The summed E-state index contributed by atoms with van der Waals surface area (Å²) in [6, 6.07) is 0.310. The third-order valence-electron chi connectivity index (χ3n) is 1.38. The lowest BCUT2D eigenvalue weighted by Crippen LogP contribution is -2.34. The van der Waals surface area contributed by atoms with Crippen LogP contribution in [0.4, 0.5) is 0 Å². The molecule has 0 heterocycles. The van der Waals surface area contributed by atoms with E-state index in [4.69, 9.17) is 13.6 Å². The molecule has 0 aromatic carbocycles. The van der Waals surface area contributed by atoms with Crippen molar-refractivity contribution >= 4 is 7.85 Å². The summed E-state index contributed by atoms with van der Waals surface area (Å²) >= 11 is 0. The van der Waals surface area contributed by atoms with Gasteiger partial charge in [-0.1, -0.05) is 12.2 Å². The van der Waals surface area contributed by atoms with Gasteiger partial charge >= 0.3 is 0 Å². The van der Waals surface area contributed by atoms with E-state index in [1.54, 1.807) is 0 Å². The maximum absolute atomic E-state index is 5.40. The number of hydrogen-bond acceptors (Lipinski definition) is 1. The van der Waals surface area contributed by atoms with Gasteiger partial charge in [-0.25, -0.2) is 0 Å². The molecule has 0 unspecified atom stereocenters. The van der Waals surface area contributed by atoms with E-state index >= 15 is 0 Å². The van der Waals surface area contributed by atoms with Gasteiger partial charge in [-0.15, -0.1) is 0 Å². The highest BCUT2D eigenvalue weighted by Crippen LogP contribution is 2.27. The fraction of sp³-hybridized carbons (Fsp3) is 1.00. The zero-order chi connectivity index (χ0) is 4.57. The molecule has 0 spiro atoms. The Balaban J connectivity index is 2.20. The normalized spacial score (nSPS) is 44.8. The van der Waals surface area contributed by atoms with E-state index in [-0.39, 0.29) is 0 Å². The van der Waals surface area contributed by atoms with Crippen LogP contribution in [0.15, 0.2) is 0 Å². The van der Waals surface area contributed by atoms with Crippen LogP contribution in [0.3, 0.4) is 0 Å². The molecule has 0 aromatic heterocycles. The van der Waals surface area contributed by atoms with Crippen molar-refractivity contribution in [3.8, 4) is 0 Å². The monoisotopic (exact) mass is 81.1 g/mol. The highest BCUT2D eigenvalue weighted by Gasteiger charge is 2.20. The van der Waals surface area contributed by atoms with Gasteiger partial charge in [-0.05, 0) is 12.5 Å². The highest BCUT2D eigenvalue weighted by atomic mass is 14.7. The summed E-state index contributed by atoms with van der Waals surface area (Å²) in [6.45, 7) is 0. The third-order valence-corrected chi connectivity index (χ3v) is 1.38. The van der Waals surface area contributed by atoms with Crippen molar-refractivity contribution in [3.63, 3.8) is 0 Å². The van der Waals surface area contributed by atoms with Crippen molar-refractivity contribution in [2.45, 2.75) is 24.7 Å². The van der Waals surface area contributed by atoms with Gasteiger partial charge in [-0.3, -0.25) is 0 Å². The molecule has 0 amide bonds. The molecule has 1 nitrogen and oxygen atoms in total. The third kappa shape index (κ3) is 0.452. The summed E-state index contributed by atoms with van der Waals surface area (Å²) in [6.07, 6.45) is 2.25. The average molecular weight is 80.9 g/mol. The molecule has 0 aliphatic heterocycles. The lowest BCUT2D eigenvalue weighted by molar-refractivity contribution is 0.418. The van der Waals surface area contributed by atoms with Crippen LogP contribution in [0.1, 0.15) is 12.8 Å². The minimum Gasteiger partial charge on any atom is -0.328 e. The molecule has 2 radical (unpaired) electrons. The summed E-state index contributed by atoms with van der Waals surface area (Å²) in [5, 5.41) is 0. The van der Waals surface area contributed by atoms with E-state index in [9.17, 15) is 0 Å². The van der Waals surface area contributed by atoms with E-state index < -0.39 is 0 Å². The molecule has 1 fully saturated rings. The van der Waals surface area contributed by atoms with Crippen LogP contribution in [-0.4, -0.2) is 13.9 Å². The Kier molecular flexibility index (Phi) is 0.883. The summed E-state index contributed by atoms with van der Waals surface area (Å²) in [7, 11) is 5.40. The van der Waals surface area contributed by atoms with Crippen LogP contribution in [0.25, 0.3) is 0 Å². The van der Waals surface area contributed by atoms with Crippen LogP contribution in [-0.2, 0) is 0 Å². The first-order chi connectivity index (χ1) is 2.80. The summed E-state index contributed by atoms with van der Waals surface area (Å²) in [5.74, 6) is 0.310. The first-order valence-electron chi connectivity index (χ1n) is 2.32. The Morgan fingerprint density at radius 1 is 1.50 bits per heavy atom. The average Bonchev–Trinajstić information content (AvgIpc) is 1.61. The predicted molar refractivity (Wildman–Crippen MR) is 26.7 cm³/mol. The van der Waals surface area contributed by atoms with E-state index in [1.165, 1.54) is 0 Å². The van der Waals surface area contributed by atoms with Crippen molar-refractivity contribution < 1.29 is 0 Å². The molecular weight excluding hydrogens is 72.9 g/mol. The highest BCUT2D eigenvalue weighted by molar-refractivity contribution is 6.12. The standard InChI is InChI=1S/C4H8BN/c5-3-1-2-4(3)6/h3-4H,1-2,6H2/t3-,4+/m1/s1. The Morgan fingerprint density at radius 3 is 2.00 bits per heavy atom. The van der Waals surface area contributed by atoms with Crippen molar-refractivity contribution in [1.82, 2.24) is 0 Å². The maximum Gasteiger partial charge on any atom is 0.0720 e. The summed E-state index contributed by atoms with van der Waals surface area (Å²) < 4.78 is 0.